The molecule has 0 fully saturated rings. The lowest BCUT2D eigenvalue weighted by Crippen LogP contribution is -2.18. The van der Waals surface area contributed by atoms with E-state index in [1.807, 2.05) is 0 Å². The molecule has 0 saturated heterocycles. The Morgan fingerprint density at radius 1 is 0.147 bits per heavy atom. The Bertz CT molecular complexity index is 2620. The first-order valence-corrected chi connectivity index (χ1v) is 41.9. The Morgan fingerprint density at radius 3 is 0.402 bits per heavy atom. The molecule has 0 bridgehead atoms. The van der Waals surface area contributed by atoms with Gasteiger partial charge in [0.2, 0.25) is 0 Å². The smallest absolute Gasteiger partial charge is 0.119 e. The van der Waals surface area contributed by atoms with Gasteiger partial charge in [-0.05, 0) is 255 Å². The molecule has 6 nitrogen and oxygen atoms in total. The summed E-state index contributed by atoms with van der Waals surface area (Å²) in [5, 5.41) is 0. The van der Waals surface area contributed by atoms with Gasteiger partial charge >= 0.3 is 0 Å². The topological polar surface area (TPSA) is 55.4 Å². The third kappa shape index (κ3) is 33.0. The number of ether oxygens (including phenoxy) is 6. The van der Waals surface area contributed by atoms with Gasteiger partial charge in [-0.15, -0.1) is 0 Å². The maximum absolute atomic E-state index is 6.39. The first-order chi connectivity index (χ1) is 50.4. The monoisotopic (exact) mass is 1390 g/mol. The molecule has 558 valence electrons. The van der Waals surface area contributed by atoms with Crippen LogP contribution in [-0.2, 0) is 77.0 Å². The fourth-order valence-corrected chi connectivity index (χ4v) is 14.4. The molecule has 6 heteroatoms. The lowest BCUT2D eigenvalue weighted by atomic mass is 9.76. The van der Waals surface area contributed by atoms with Gasteiger partial charge < -0.3 is 28.4 Å². The van der Waals surface area contributed by atoms with Gasteiger partial charge in [0, 0.05) is 0 Å². The van der Waals surface area contributed by atoms with E-state index in [-0.39, 0.29) is 0 Å². The average Bonchev–Trinajstić information content (AvgIpc) is 0.763. The van der Waals surface area contributed by atoms with Gasteiger partial charge in [-0.25, -0.2) is 0 Å². The predicted molar refractivity (Wildman–Crippen MR) is 435 cm³/mol. The zero-order valence-corrected chi connectivity index (χ0v) is 65.2. The van der Waals surface area contributed by atoms with Crippen LogP contribution in [-0.4, -0.2) is 39.6 Å². The van der Waals surface area contributed by atoms with Crippen molar-refractivity contribution in [1.82, 2.24) is 0 Å². The number of benzene rings is 7. The van der Waals surface area contributed by atoms with Crippen molar-refractivity contribution in [3.63, 3.8) is 0 Å². The molecule has 0 heterocycles. The standard InChI is InChI=1S/C96H138O6/c1-7-13-19-25-31-73-97-85-55-37-79(38-56-85)49-67-91-92(68-50-80-39-57-86(58-40-80)98-74-32-26-20-14-8-2)94(70-52-82-43-61-88(62-44-82)100-76-34-28-22-16-10-4)96(72-54-84-47-65-90(66-48-84)102-78-36-30-24-18-12-6)95(71-53-83-45-63-89(64-46-83)101-77-35-29-23-17-11-5)93(91)69-51-81-41-59-87(60-42-81)99-75-33-27-21-15-9-3/h37-48,55-66H,7-36,49-54,67-78H2,1-6H3. The summed E-state index contributed by atoms with van der Waals surface area (Å²) in [4.78, 5) is 0. The molecule has 0 atom stereocenters. The van der Waals surface area contributed by atoms with Crippen LogP contribution in [0.1, 0.15) is 301 Å². The second kappa shape index (κ2) is 52.3. The van der Waals surface area contributed by atoms with Gasteiger partial charge in [0.15, 0.2) is 0 Å². The summed E-state index contributed by atoms with van der Waals surface area (Å²) in [5.41, 5.74) is 17.5. The van der Waals surface area contributed by atoms with Crippen molar-refractivity contribution in [2.45, 2.75) is 311 Å². The highest BCUT2D eigenvalue weighted by atomic mass is 16.5. The van der Waals surface area contributed by atoms with Crippen LogP contribution in [0.3, 0.4) is 0 Å². The van der Waals surface area contributed by atoms with Gasteiger partial charge in [0.05, 0.1) is 39.6 Å². The highest BCUT2D eigenvalue weighted by molar-refractivity contribution is 5.55. The van der Waals surface area contributed by atoms with Crippen molar-refractivity contribution in [3.05, 3.63) is 212 Å². The van der Waals surface area contributed by atoms with Crippen LogP contribution in [0.5, 0.6) is 34.5 Å². The maximum atomic E-state index is 6.39. The predicted octanol–water partition coefficient (Wildman–Crippen LogP) is 26.5. The zero-order valence-electron chi connectivity index (χ0n) is 65.2. The van der Waals surface area contributed by atoms with Crippen LogP contribution in [0.4, 0.5) is 0 Å². The summed E-state index contributed by atoms with van der Waals surface area (Å²) in [7, 11) is 0. The fraction of sp³-hybridized carbons (Fsp3) is 0.562. The van der Waals surface area contributed by atoms with Crippen LogP contribution in [0.25, 0.3) is 0 Å². The van der Waals surface area contributed by atoms with E-state index in [1.165, 1.54) is 187 Å². The van der Waals surface area contributed by atoms with Crippen LogP contribution in [0.15, 0.2) is 146 Å². The first-order valence-electron chi connectivity index (χ1n) is 41.9. The fourth-order valence-electron chi connectivity index (χ4n) is 14.4. The Morgan fingerprint density at radius 2 is 0.275 bits per heavy atom. The number of hydrogen-bond acceptors (Lipinski definition) is 6. The quantitative estimate of drug-likeness (QED) is 0.0354. The third-order valence-electron chi connectivity index (χ3n) is 20.8. The van der Waals surface area contributed by atoms with Crippen molar-refractivity contribution >= 4 is 0 Å². The summed E-state index contributed by atoms with van der Waals surface area (Å²) in [6.45, 7) is 18.3. The molecule has 7 aromatic rings. The molecule has 0 N–H and O–H groups in total. The van der Waals surface area contributed by atoms with Gasteiger partial charge in [0.1, 0.15) is 34.5 Å². The summed E-state index contributed by atoms with van der Waals surface area (Å²) in [6, 6.07) is 54.8. The lowest BCUT2D eigenvalue weighted by Gasteiger charge is -2.28. The highest BCUT2D eigenvalue weighted by Gasteiger charge is 2.25. The van der Waals surface area contributed by atoms with Crippen molar-refractivity contribution in [2.24, 2.45) is 0 Å². The van der Waals surface area contributed by atoms with E-state index in [9.17, 15) is 0 Å². The number of rotatable bonds is 60. The van der Waals surface area contributed by atoms with Gasteiger partial charge in [-0.2, -0.15) is 0 Å². The molecule has 0 saturated carbocycles. The molecule has 0 aliphatic carbocycles. The van der Waals surface area contributed by atoms with Gasteiger partial charge in [0.25, 0.3) is 0 Å². The number of unbranched alkanes of at least 4 members (excludes halogenated alkanes) is 24. The van der Waals surface area contributed by atoms with Crippen LogP contribution in [0.2, 0.25) is 0 Å². The van der Waals surface area contributed by atoms with Gasteiger partial charge in [-0.1, -0.05) is 268 Å². The molecule has 0 aliphatic rings. The lowest BCUT2D eigenvalue weighted by molar-refractivity contribution is 0.304. The van der Waals surface area contributed by atoms with E-state index in [1.54, 1.807) is 33.4 Å². The Labute approximate surface area is 622 Å². The van der Waals surface area contributed by atoms with Crippen LogP contribution >= 0.6 is 0 Å². The summed E-state index contributed by atoms with van der Waals surface area (Å²) in [5.74, 6) is 5.84. The number of aryl methyl sites for hydroxylation is 6. The molecule has 0 unspecified atom stereocenters. The Balaban J connectivity index is 1.34. The SMILES string of the molecule is CCCCCCCOc1ccc(CCc2c(CCc3ccc(OCCCCCCC)cc3)c(CCc3ccc(OCCCCCCC)cc3)c(CCc3ccc(OCCCCCCC)cc3)c(CCc3ccc(OCCCCCCC)cc3)c2CCc2ccc(OCCCCCCC)cc2)cc1. The van der Waals surface area contributed by atoms with Gasteiger partial charge in [-0.3, -0.25) is 0 Å². The molecule has 7 aromatic carbocycles. The summed E-state index contributed by atoms with van der Waals surface area (Å²) < 4.78 is 38.3. The maximum Gasteiger partial charge on any atom is 0.119 e. The highest BCUT2D eigenvalue weighted by Crippen LogP contribution is 2.37. The number of hydrogen-bond donors (Lipinski definition) is 0. The molecule has 0 spiro atoms. The first kappa shape index (κ1) is 82.6. The molecule has 0 aliphatic heterocycles. The van der Waals surface area contributed by atoms with Crippen LogP contribution < -0.4 is 28.4 Å². The van der Waals surface area contributed by atoms with E-state index >= 15 is 0 Å². The molecule has 102 heavy (non-hydrogen) atoms. The molecule has 0 radical (unpaired) electrons. The van der Waals surface area contributed by atoms with Crippen LogP contribution in [0, 0.1) is 0 Å². The molecule has 0 aromatic heterocycles. The van der Waals surface area contributed by atoms with E-state index < -0.39 is 0 Å². The van der Waals surface area contributed by atoms with E-state index in [0.717, 1.165) is 190 Å². The normalized spacial score (nSPS) is 11.4. The minimum absolute atomic E-state index is 0.768. The van der Waals surface area contributed by atoms with E-state index in [0.29, 0.717) is 0 Å². The molecule has 0 amide bonds. The molecule has 7 rings (SSSR count). The van der Waals surface area contributed by atoms with E-state index in [2.05, 4.69) is 187 Å². The molecular weight excluding hydrogens is 1250 g/mol. The largest absolute Gasteiger partial charge is 0.494 e. The molecular formula is C96H138O6. The van der Waals surface area contributed by atoms with Crippen molar-refractivity contribution in [2.75, 3.05) is 39.6 Å². The Kier molecular flexibility index (Phi) is 42.4. The minimum atomic E-state index is 0.768. The van der Waals surface area contributed by atoms with Crippen molar-refractivity contribution < 1.29 is 28.4 Å². The summed E-state index contributed by atoms with van der Waals surface area (Å²) >= 11 is 0. The van der Waals surface area contributed by atoms with Crippen molar-refractivity contribution in [3.8, 4) is 34.5 Å². The van der Waals surface area contributed by atoms with Crippen molar-refractivity contribution in [1.29, 1.82) is 0 Å². The minimum Gasteiger partial charge on any atom is -0.494 e. The third-order valence-corrected chi connectivity index (χ3v) is 20.8. The summed E-state index contributed by atoms with van der Waals surface area (Å²) in [6.07, 6.45) is 48.3. The van der Waals surface area contributed by atoms with E-state index in [4.69, 9.17) is 28.4 Å². The Hall–Kier alpha value is -6.66. The second-order valence-electron chi connectivity index (χ2n) is 29.3. The second-order valence-corrected chi connectivity index (χ2v) is 29.3. The zero-order chi connectivity index (χ0) is 71.5. The average molecular weight is 1390 g/mol.